The third kappa shape index (κ3) is 6.39. The van der Waals surface area contributed by atoms with Gasteiger partial charge in [0, 0.05) is 0 Å². The molecule has 0 aliphatic carbocycles. The summed E-state index contributed by atoms with van der Waals surface area (Å²) in [4.78, 5) is 12.5. The van der Waals surface area contributed by atoms with Crippen molar-refractivity contribution in [2.75, 3.05) is 26.4 Å². The van der Waals surface area contributed by atoms with Crippen molar-refractivity contribution in [2.24, 2.45) is 0 Å². The van der Waals surface area contributed by atoms with Crippen molar-refractivity contribution in [1.82, 2.24) is 0 Å². The van der Waals surface area contributed by atoms with Crippen LogP contribution in [-0.4, -0.2) is 42.6 Å². The first-order valence-electron chi connectivity index (χ1n) is 10.2. The van der Waals surface area contributed by atoms with E-state index in [0.717, 1.165) is 38.5 Å². The number of rotatable bonds is 14. The molecule has 0 atom stereocenters. The van der Waals surface area contributed by atoms with Crippen LogP contribution in [0.15, 0.2) is 0 Å². The second kappa shape index (κ2) is 13.0. The fraction of sp³-hybridized carbons (Fsp3) is 0.667. The predicted octanol–water partition coefficient (Wildman–Crippen LogP) is 4.81. The van der Waals surface area contributed by atoms with Crippen LogP contribution >= 0.6 is 0 Å². The Labute approximate surface area is 167 Å². The highest BCUT2D eigenvalue weighted by molar-refractivity contribution is 5.99. The molecule has 1 aromatic rings. The highest BCUT2D eigenvalue weighted by atomic mass is 16.6. The van der Waals surface area contributed by atoms with E-state index >= 15 is 0 Å². The van der Waals surface area contributed by atoms with Crippen LogP contribution in [0, 0.1) is 0 Å². The number of benzene rings is 1. The molecule has 0 unspecified atom stereocenters. The zero-order chi connectivity index (χ0) is 20.9. The lowest BCUT2D eigenvalue weighted by Crippen LogP contribution is -2.13. The van der Waals surface area contributed by atoms with Gasteiger partial charge in [0.1, 0.15) is 0 Å². The molecule has 0 aliphatic heterocycles. The van der Waals surface area contributed by atoms with Crippen LogP contribution in [0.25, 0.3) is 0 Å². The minimum atomic E-state index is -0.790. The highest BCUT2D eigenvalue weighted by Gasteiger charge is 2.32. The maximum Gasteiger partial charge on any atom is 0.346 e. The molecule has 0 heterocycles. The molecule has 1 aromatic carbocycles. The van der Waals surface area contributed by atoms with Gasteiger partial charge >= 0.3 is 5.97 Å². The van der Waals surface area contributed by atoms with Crippen molar-refractivity contribution in [3.63, 3.8) is 0 Å². The van der Waals surface area contributed by atoms with E-state index < -0.39 is 17.5 Å². The molecule has 7 nitrogen and oxygen atoms in total. The normalized spacial score (nSPS) is 10.6. The fourth-order valence-electron chi connectivity index (χ4n) is 2.41. The standard InChI is InChI=1S/C21H34O7/c1-5-9-12-26-18-15(21(24)25-8-4)16(22)17(23)19(27-13-10-6-2)20(18)28-14-11-7-3/h22-23H,5-14H2,1-4H3. The van der Waals surface area contributed by atoms with Crippen molar-refractivity contribution >= 4 is 5.97 Å². The number of hydrogen-bond acceptors (Lipinski definition) is 7. The Morgan fingerprint density at radius 2 is 1.18 bits per heavy atom. The van der Waals surface area contributed by atoms with Gasteiger partial charge in [0.05, 0.1) is 26.4 Å². The Bertz CT molecular complexity index is 614. The first-order valence-corrected chi connectivity index (χ1v) is 10.2. The van der Waals surface area contributed by atoms with Crippen LogP contribution in [0.5, 0.6) is 28.7 Å². The summed E-state index contributed by atoms with van der Waals surface area (Å²) in [7, 11) is 0. The van der Waals surface area contributed by atoms with Crippen LogP contribution in [0.4, 0.5) is 0 Å². The van der Waals surface area contributed by atoms with Gasteiger partial charge in [-0.1, -0.05) is 40.0 Å². The maximum absolute atomic E-state index is 12.5. The Hall–Kier alpha value is -2.31. The van der Waals surface area contributed by atoms with Gasteiger partial charge in [-0.2, -0.15) is 0 Å². The quantitative estimate of drug-likeness (QED) is 0.264. The Morgan fingerprint density at radius 1 is 0.714 bits per heavy atom. The van der Waals surface area contributed by atoms with Crippen molar-refractivity contribution in [3.8, 4) is 28.7 Å². The minimum Gasteiger partial charge on any atom is -0.503 e. The molecule has 160 valence electrons. The molecule has 0 saturated heterocycles. The molecule has 1 rings (SSSR count). The summed E-state index contributed by atoms with van der Waals surface area (Å²) >= 11 is 0. The molecule has 7 heteroatoms. The summed E-state index contributed by atoms with van der Waals surface area (Å²) < 4.78 is 22.4. The average Bonchev–Trinajstić information content (AvgIpc) is 2.67. The number of carbonyl (C=O) groups excluding carboxylic acids is 1. The zero-order valence-corrected chi connectivity index (χ0v) is 17.5. The SMILES string of the molecule is CCCCOc1c(O)c(O)c(C(=O)OCC)c(OCCCC)c1OCCCC. The first-order chi connectivity index (χ1) is 13.5. The fourth-order valence-corrected chi connectivity index (χ4v) is 2.41. The molecule has 0 radical (unpaired) electrons. The predicted molar refractivity (Wildman–Crippen MR) is 107 cm³/mol. The maximum atomic E-state index is 12.5. The van der Waals surface area contributed by atoms with Gasteiger partial charge in [-0.15, -0.1) is 0 Å². The van der Waals surface area contributed by atoms with E-state index in [0.29, 0.717) is 19.8 Å². The number of phenolic OH excluding ortho intramolecular Hbond substituents is 2. The molecule has 0 saturated carbocycles. The minimum absolute atomic E-state index is 0.0124. The van der Waals surface area contributed by atoms with Gasteiger partial charge in [0.2, 0.25) is 17.2 Å². The number of hydrogen-bond donors (Lipinski definition) is 2. The summed E-state index contributed by atoms with van der Waals surface area (Å²) in [6.45, 7) is 8.86. The van der Waals surface area contributed by atoms with Crippen LogP contribution in [0.1, 0.15) is 76.6 Å². The zero-order valence-electron chi connectivity index (χ0n) is 17.5. The van der Waals surface area contributed by atoms with Gasteiger partial charge in [-0.3, -0.25) is 0 Å². The summed E-state index contributed by atoms with van der Waals surface area (Å²) in [5, 5.41) is 21.0. The smallest absolute Gasteiger partial charge is 0.346 e. The van der Waals surface area contributed by atoms with E-state index in [1.807, 2.05) is 20.8 Å². The number of unbranched alkanes of at least 4 members (excludes halogenated alkanes) is 3. The lowest BCUT2D eigenvalue weighted by atomic mass is 10.1. The molecule has 0 fully saturated rings. The van der Waals surface area contributed by atoms with Crippen molar-refractivity contribution in [2.45, 2.75) is 66.2 Å². The van der Waals surface area contributed by atoms with Crippen LogP contribution in [-0.2, 0) is 4.74 Å². The molecular weight excluding hydrogens is 364 g/mol. The third-order valence-electron chi connectivity index (χ3n) is 4.03. The Balaban J connectivity index is 3.49. The summed E-state index contributed by atoms with van der Waals surface area (Å²) in [5.41, 5.74) is -0.246. The molecule has 0 aromatic heterocycles. The number of carbonyl (C=O) groups is 1. The van der Waals surface area contributed by atoms with Gasteiger partial charge in [0.25, 0.3) is 0 Å². The van der Waals surface area contributed by atoms with E-state index in [9.17, 15) is 15.0 Å². The summed E-state index contributed by atoms with van der Waals surface area (Å²) in [6.07, 6.45) is 5.00. The lowest BCUT2D eigenvalue weighted by molar-refractivity contribution is 0.0515. The molecular formula is C21H34O7. The van der Waals surface area contributed by atoms with Crippen LogP contribution < -0.4 is 14.2 Å². The molecule has 0 amide bonds. The average molecular weight is 398 g/mol. The van der Waals surface area contributed by atoms with E-state index in [-0.39, 0.29) is 29.4 Å². The molecule has 0 bridgehead atoms. The van der Waals surface area contributed by atoms with Crippen LogP contribution in [0.3, 0.4) is 0 Å². The highest BCUT2D eigenvalue weighted by Crippen LogP contribution is 2.53. The van der Waals surface area contributed by atoms with E-state index in [1.165, 1.54) is 0 Å². The van der Waals surface area contributed by atoms with E-state index in [4.69, 9.17) is 18.9 Å². The summed E-state index contributed by atoms with van der Waals surface area (Å²) in [6, 6.07) is 0. The number of phenols is 2. The van der Waals surface area contributed by atoms with Crippen molar-refractivity contribution in [1.29, 1.82) is 0 Å². The van der Waals surface area contributed by atoms with Crippen molar-refractivity contribution in [3.05, 3.63) is 5.56 Å². The molecule has 2 N–H and O–H groups in total. The number of esters is 1. The van der Waals surface area contributed by atoms with Gasteiger partial charge < -0.3 is 29.2 Å². The number of ether oxygens (including phenoxy) is 4. The molecule has 28 heavy (non-hydrogen) atoms. The Kier molecular flexibility index (Phi) is 11.0. The van der Waals surface area contributed by atoms with Gasteiger partial charge in [-0.25, -0.2) is 4.79 Å². The third-order valence-corrected chi connectivity index (χ3v) is 4.03. The lowest BCUT2D eigenvalue weighted by Gasteiger charge is -2.21. The van der Waals surface area contributed by atoms with Crippen LogP contribution in [0.2, 0.25) is 0 Å². The number of aromatic hydroxyl groups is 2. The topological polar surface area (TPSA) is 94.5 Å². The van der Waals surface area contributed by atoms with Gasteiger partial charge in [0.15, 0.2) is 17.1 Å². The largest absolute Gasteiger partial charge is 0.503 e. The van der Waals surface area contributed by atoms with E-state index in [2.05, 4.69) is 0 Å². The van der Waals surface area contributed by atoms with E-state index in [1.54, 1.807) is 6.92 Å². The summed E-state index contributed by atoms with van der Waals surface area (Å²) in [5.74, 6) is -1.81. The molecule has 0 aliphatic rings. The second-order valence-corrected chi connectivity index (χ2v) is 6.39. The molecule has 0 spiro atoms. The van der Waals surface area contributed by atoms with Gasteiger partial charge in [-0.05, 0) is 26.2 Å². The Morgan fingerprint density at radius 3 is 1.64 bits per heavy atom. The second-order valence-electron chi connectivity index (χ2n) is 6.39. The first kappa shape index (κ1) is 23.7. The monoisotopic (exact) mass is 398 g/mol. The van der Waals surface area contributed by atoms with Crippen molar-refractivity contribution < 1.29 is 34.0 Å².